The van der Waals surface area contributed by atoms with Gasteiger partial charge in [0.25, 0.3) is 0 Å². The Kier molecular flexibility index (Phi) is 5.11. The molecule has 0 spiro atoms. The van der Waals surface area contributed by atoms with Crippen LogP contribution in [-0.2, 0) is 11.2 Å². The molecule has 3 rings (SSSR count). The maximum absolute atomic E-state index is 12.3. The van der Waals surface area contributed by atoms with Gasteiger partial charge >= 0.3 is 0 Å². The number of amides is 1. The van der Waals surface area contributed by atoms with Gasteiger partial charge in [0, 0.05) is 11.4 Å². The number of anilines is 1. The Morgan fingerprint density at radius 2 is 1.96 bits per heavy atom. The lowest BCUT2D eigenvalue weighted by Gasteiger charge is -2.12. The van der Waals surface area contributed by atoms with Crippen molar-refractivity contribution in [2.75, 3.05) is 25.6 Å². The zero-order valence-electron chi connectivity index (χ0n) is 13.3. The van der Waals surface area contributed by atoms with Crippen LogP contribution >= 0.6 is 11.6 Å². The highest BCUT2D eigenvalue weighted by molar-refractivity contribution is 6.31. The van der Waals surface area contributed by atoms with Crippen LogP contribution in [0.25, 0.3) is 0 Å². The van der Waals surface area contributed by atoms with Crippen molar-refractivity contribution < 1.29 is 19.0 Å². The number of halogens is 1. The van der Waals surface area contributed by atoms with Gasteiger partial charge in [-0.05, 0) is 35.9 Å². The summed E-state index contributed by atoms with van der Waals surface area (Å²) in [5, 5.41) is 3.35. The topological polar surface area (TPSA) is 56.8 Å². The van der Waals surface area contributed by atoms with E-state index in [-0.39, 0.29) is 12.3 Å². The summed E-state index contributed by atoms with van der Waals surface area (Å²) in [5.41, 5.74) is 1.39. The number of nitrogens with one attached hydrogen (secondary N) is 1. The molecule has 126 valence electrons. The van der Waals surface area contributed by atoms with Crippen molar-refractivity contribution in [3.05, 3.63) is 47.0 Å². The number of rotatable bonds is 4. The van der Waals surface area contributed by atoms with Crippen LogP contribution in [0.15, 0.2) is 36.4 Å². The molecular formula is C18H18ClNO4. The molecule has 24 heavy (non-hydrogen) atoms. The minimum atomic E-state index is -0.162. The van der Waals surface area contributed by atoms with Gasteiger partial charge in [-0.3, -0.25) is 4.79 Å². The fourth-order valence-corrected chi connectivity index (χ4v) is 2.65. The largest absolute Gasteiger partial charge is 0.495 e. The lowest BCUT2D eigenvalue weighted by atomic mass is 10.1. The van der Waals surface area contributed by atoms with Gasteiger partial charge < -0.3 is 19.5 Å². The highest BCUT2D eigenvalue weighted by Crippen LogP contribution is 2.31. The minimum Gasteiger partial charge on any atom is -0.495 e. The molecule has 0 saturated carbocycles. The standard InChI is InChI=1S/C18H18ClNO4/c1-22-15-6-4-13(19)11-14(15)20-18(21)10-12-3-5-16-17(9-12)24-8-2-7-23-16/h3-6,9,11H,2,7-8,10H2,1H3,(H,20,21). The number of benzene rings is 2. The molecule has 0 bridgehead atoms. The van der Waals surface area contributed by atoms with Crippen molar-refractivity contribution in [1.82, 2.24) is 0 Å². The Morgan fingerprint density at radius 1 is 1.17 bits per heavy atom. The van der Waals surface area contributed by atoms with Crippen LogP contribution in [0, 0.1) is 0 Å². The van der Waals surface area contributed by atoms with E-state index in [0.29, 0.717) is 41.2 Å². The van der Waals surface area contributed by atoms with Gasteiger partial charge in [0.05, 0.1) is 32.4 Å². The van der Waals surface area contributed by atoms with Crippen molar-refractivity contribution in [3.63, 3.8) is 0 Å². The van der Waals surface area contributed by atoms with Crippen molar-refractivity contribution in [2.45, 2.75) is 12.8 Å². The number of hydrogen-bond donors (Lipinski definition) is 1. The molecule has 1 amide bonds. The number of ether oxygens (including phenoxy) is 3. The van der Waals surface area contributed by atoms with Crippen molar-refractivity contribution in [1.29, 1.82) is 0 Å². The molecule has 2 aromatic rings. The predicted molar refractivity (Wildman–Crippen MR) is 92.4 cm³/mol. The van der Waals surface area contributed by atoms with E-state index in [1.807, 2.05) is 18.2 Å². The van der Waals surface area contributed by atoms with Gasteiger partial charge in [0.2, 0.25) is 5.91 Å². The number of carbonyl (C=O) groups excluding carboxylic acids is 1. The fourth-order valence-electron chi connectivity index (χ4n) is 2.48. The Bertz CT molecular complexity index is 748. The lowest BCUT2D eigenvalue weighted by molar-refractivity contribution is -0.115. The molecule has 0 aromatic heterocycles. The molecule has 1 aliphatic rings. The van der Waals surface area contributed by atoms with E-state index in [2.05, 4.69) is 5.32 Å². The maximum Gasteiger partial charge on any atom is 0.228 e. The third-order valence-corrected chi connectivity index (χ3v) is 3.85. The van der Waals surface area contributed by atoms with Gasteiger partial charge in [0.15, 0.2) is 11.5 Å². The van der Waals surface area contributed by atoms with Crippen molar-refractivity contribution in [2.24, 2.45) is 0 Å². The second kappa shape index (κ2) is 7.45. The van der Waals surface area contributed by atoms with E-state index < -0.39 is 0 Å². The Hall–Kier alpha value is -2.40. The molecule has 1 N–H and O–H groups in total. The number of hydrogen-bond acceptors (Lipinski definition) is 4. The summed E-state index contributed by atoms with van der Waals surface area (Å²) in [4.78, 5) is 12.3. The predicted octanol–water partition coefficient (Wildman–Crippen LogP) is 3.69. The lowest BCUT2D eigenvalue weighted by Crippen LogP contribution is -2.15. The van der Waals surface area contributed by atoms with Gasteiger partial charge in [-0.25, -0.2) is 0 Å². The quantitative estimate of drug-likeness (QED) is 0.916. The first kappa shape index (κ1) is 16.5. The Balaban J connectivity index is 1.71. The molecular weight excluding hydrogens is 330 g/mol. The Labute approximate surface area is 145 Å². The number of carbonyl (C=O) groups is 1. The average molecular weight is 348 g/mol. The van der Waals surface area contributed by atoms with Crippen molar-refractivity contribution in [3.8, 4) is 17.2 Å². The normalized spacial score (nSPS) is 13.1. The monoisotopic (exact) mass is 347 g/mol. The van der Waals surface area contributed by atoms with E-state index in [0.717, 1.165) is 12.0 Å². The first-order valence-electron chi connectivity index (χ1n) is 7.67. The summed E-state index contributed by atoms with van der Waals surface area (Å²) < 4.78 is 16.5. The third-order valence-electron chi connectivity index (χ3n) is 3.61. The van der Waals surface area contributed by atoms with Gasteiger partial charge in [-0.2, -0.15) is 0 Å². The molecule has 0 saturated heterocycles. The van der Waals surface area contributed by atoms with E-state index in [1.165, 1.54) is 0 Å². The molecule has 0 fully saturated rings. The SMILES string of the molecule is COc1ccc(Cl)cc1NC(=O)Cc1ccc2c(c1)OCCCO2. The molecule has 6 heteroatoms. The van der Waals surface area contributed by atoms with E-state index in [1.54, 1.807) is 25.3 Å². The second-order valence-corrected chi connectivity index (χ2v) is 5.84. The zero-order valence-corrected chi connectivity index (χ0v) is 14.1. The molecule has 0 aliphatic carbocycles. The summed E-state index contributed by atoms with van der Waals surface area (Å²) in [6.45, 7) is 1.25. The molecule has 1 heterocycles. The summed E-state index contributed by atoms with van der Waals surface area (Å²) in [6.07, 6.45) is 1.06. The van der Waals surface area contributed by atoms with E-state index in [4.69, 9.17) is 25.8 Å². The minimum absolute atomic E-state index is 0.162. The smallest absolute Gasteiger partial charge is 0.228 e. The van der Waals surface area contributed by atoms with Gasteiger partial charge in [-0.15, -0.1) is 0 Å². The second-order valence-electron chi connectivity index (χ2n) is 5.40. The molecule has 0 radical (unpaired) electrons. The van der Waals surface area contributed by atoms with Gasteiger partial charge in [0.1, 0.15) is 5.75 Å². The van der Waals surface area contributed by atoms with Crippen molar-refractivity contribution >= 4 is 23.2 Å². The highest BCUT2D eigenvalue weighted by atomic mass is 35.5. The van der Waals surface area contributed by atoms with Crippen LogP contribution in [-0.4, -0.2) is 26.2 Å². The average Bonchev–Trinajstić information content (AvgIpc) is 2.80. The summed E-state index contributed by atoms with van der Waals surface area (Å²) in [7, 11) is 1.54. The van der Waals surface area contributed by atoms with Crippen LogP contribution in [0.3, 0.4) is 0 Å². The number of fused-ring (bicyclic) bond motifs is 1. The molecule has 5 nitrogen and oxygen atoms in total. The zero-order chi connectivity index (χ0) is 16.9. The van der Waals surface area contributed by atoms with Crippen LogP contribution in [0.2, 0.25) is 5.02 Å². The molecule has 0 atom stereocenters. The van der Waals surface area contributed by atoms with Crippen LogP contribution < -0.4 is 19.5 Å². The summed E-state index contributed by atoms with van der Waals surface area (Å²) >= 11 is 5.97. The maximum atomic E-state index is 12.3. The first-order chi connectivity index (χ1) is 11.7. The van der Waals surface area contributed by atoms with E-state index in [9.17, 15) is 4.79 Å². The summed E-state index contributed by atoms with van der Waals surface area (Å²) in [6, 6.07) is 10.6. The van der Waals surface area contributed by atoms with Crippen LogP contribution in [0.4, 0.5) is 5.69 Å². The fraction of sp³-hybridized carbons (Fsp3) is 0.278. The van der Waals surface area contributed by atoms with E-state index >= 15 is 0 Å². The van der Waals surface area contributed by atoms with Crippen LogP contribution in [0.1, 0.15) is 12.0 Å². The Morgan fingerprint density at radius 3 is 2.75 bits per heavy atom. The summed E-state index contributed by atoms with van der Waals surface area (Å²) in [5.74, 6) is 1.79. The molecule has 2 aromatic carbocycles. The number of methoxy groups -OCH3 is 1. The van der Waals surface area contributed by atoms with Crippen LogP contribution in [0.5, 0.6) is 17.2 Å². The molecule has 0 unspecified atom stereocenters. The highest BCUT2D eigenvalue weighted by Gasteiger charge is 2.13. The third kappa shape index (κ3) is 3.92. The molecule has 1 aliphatic heterocycles. The van der Waals surface area contributed by atoms with Gasteiger partial charge in [-0.1, -0.05) is 17.7 Å². The first-order valence-corrected chi connectivity index (χ1v) is 8.05.